The van der Waals surface area contributed by atoms with E-state index in [2.05, 4.69) is 9.97 Å². The number of aromatic amines is 1. The Morgan fingerprint density at radius 3 is 2.83 bits per heavy atom. The first-order chi connectivity index (χ1) is 5.86. The molecule has 0 fully saturated rings. The van der Waals surface area contributed by atoms with Crippen LogP contribution in [-0.4, -0.2) is 9.97 Å². The third-order valence-electron chi connectivity index (χ3n) is 1.38. The van der Waals surface area contributed by atoms with Gasteiger partial charge in [0.2, 0.25) is 0 Å². The summed E-state index contributed by atoms with van der Waals surface area (Å²) in [7, 11) is 0. The van der Waals surface area contributed by atoms with Crippen LogP contribution < -0.4 is 0 Å². The normalized spacial score (nSPS) is 9.25. The summed E-state index contributed by atoms with van der Waals surface area (Å²) < 4.78 is 0. The van der Waals surface area contributed by atoms with Crippen LogP contribution in [0.2, 0.25) is 5.02 Å². The summed E-state index contributed by atoms with van der Waals surface area (Å²) in [6, 6.07) is 5.56. The van der Waals surface area contributed by atoms with Crippen molar-refractivity contribution in [2.75, 3.05) is 0 Å². The highest BCUT2D eigenvalue weighted by Crippen LogP contribution is 2.14. The van der Waals surface area contributed by atoms with Gasteiger partial charge in [0.15, 0.2) is 0 Å². The van der Waals surface area contributed by atoms with Gasteiger partial charge in [-0.15, -0.1) is 0 Å². The summed E-state index contributed by atoms with van der Waals surface area (Å²) in [5.41, 5.74) is 1.93. The second-order valence-corrected chi connectivity index (χ2v) is 2.50. The monoisotopic (exact) mass is 182 g/mol. The Hall–Kier alpha value is -1.02. The Morgan fingerprint density at radius 1 is 1.33 bits per heavy atom. The van der Waals surface area contributed by atoms with Crippen LogP contribution in [0, 0.1) is 0 Å². The van der Waals surface area contributed by atoms with Gasteiger partial charge in [-0.1, -0.05) is 25.4 Å². The number of imidazole rings is 1. The van der Waals surface area contributed by atoms with Gasteiger partial charge in [0.05, 0.1) is 17.4 Å². The predicted molar refractivity (Wildman–Crippen MR) is 52.5 cm³/mol. The van der Waals surface area contributed by atoms with E-state index >= 15 is 0 Å². The molecule has 12 heavy (non-hydrogen) atoms. The van der Waals surface area contributed by atoms with Gasteiger partial charge in [0.1, 0.15) is 0 Å². The third-order valence-corrected chi connectivity index (χ3v) is 1.62. The maximum absolute atomic E-state index is 5.73. The van der Waals surface area contributed by atoms with E-state index in [1.807, 2.05) is 32.0 Å². The Kier molecular flexibility index (Phi) is 3.11. The number of halogens is 1. The second kappa shape index (κ2) is 4.12. The van der Waals surface area contributed by atoms with Gasteiger partial charge >= 0.3 is 0 Å². The molecule has 0 saturated carbocycles. The van der Waals surface area contributed by atoms with E-state index < -0.39 is 0 Å². The van der Waals surface area contributed by atoms with E-state index in [1.54, 1.807) is 6.33 Å². The number of H-pyrrole nitrogens is 1. The van der Waals surface area contributed by atoms with Crippen LogP contribution in [0.4, 0.5) is 0 Å². The van der Waals surface area contributed by atoms with Crippen molar-refractivity contribution in [1.29, 1.82) is 0 Å². The molecular formula is C9H11ClN2. The summed E-state index contributed by atoms with van der Waals surface area (Å²) in [5, 5.41) is 0.733. The molecule has 0 atom stereocenters. The van der Waals surface area contributed by atoms with Crippen LogP contribution in [0.5, 0.6) is 0 Å². The Morgan fingerprint density at radius 2 is 2.08 bits per heavy atom. The first-order valence-electron chi connectivity index (χ1n) is 3.95. The molecule has 1 heterocycles. The molecule has 2 nitrogen and oxygen atoms in total. The minimum Gasteiger partial charge on any atom is -0.345 e. The number of rotatable bonds is 0. The fraction of sp³-hybridized carbons (Fsp3) is 0.222. The first-order valence-corrected chi connectivity index (χ1v) is 4.33. The molecule has 0 saturated heterocycles. The second-order valence-electron chi connectivity index (χ2n) is 2.06. The fourth-order valence-corrected chi connectivity index (χ4v) is 1.08. The summed E-state index contributed by atoms with van der Waals surface area (Å²) in [6.07, 6.45) is 1.65. The maximum atomic E-state index is 5.73. The molecule has 0 aliphatic carbocycles. The number of hydrogen-bond donors (Lipinski definition) is 1. The number of hydrogen-bond acceptors (Lipinski definition) is 1. The van der Waals surface area contributed by atoms with E-state index in [9.17, 15) is 0 Å². The lowest BCUT2D eigenvalue weighted by Gasteiger charge is -1.87. The smallest absolute Gasteiger partial charge is 0.0931 e. The lowest BCUT2D eigenvalue weighted by Crippen LogP contribution is -1.67. The van der Waals surface area contributed by atoms with Gasteiger partial charge < -0.3 is 4.98 Å². The lowest BCUT2D eigenvalue weighted by molar-refractivity contribution is 1.34. The van der Waals surface area contributed by atoms with E-state index in [0.29, 0.717) is 0 Å². The zero-order valence-electron chi connectivity index (χ0n) is 7.13. The van der Waals surface area contributed by atoms with Gasteiger partial charge in [-0.3, -0.25) is 0 Å². The fourth-order valence-electron chi connectivity index (χ4n) is 0.908. The third kappa shape index (κ3) is 1.77. The molecule has 2 aromatic rings. The average Bonchev–Trinajstić information content (AvgIpc) is 2.54. The van der Waals surface area contributed by atoms with Crippen LogP contribution in [0.15, 0.2) is 24.5 Å². The van der Waals surface area contributed by atoms with Crippen molar-refractivity contribution >= 4 is 22.6 Å². The number of nitrogens with zero attached hydrogens (tertiary/aromatic N) is 1. The highest BCUT2D eigenvalue weighted by molar-refractivity contribution is 6.31. The molecule has 1 N–H and O–H groups in total. The van der Waals surface area contributed by atoms with Gasteiger partial charge in [0, 0.05) is 5.02 Å². The van der Waals surface area contributed by atoms with E-state index in [1.165, 1.54) is 0 Å². The first kappa shape index (κ1) is 9.07. The molecule has 1 aromatic heterocycles. The van der Waals surface area contributed by atoms with Crippen molar-refractivity contribution in [3.8, 4) is 0 Å². The number of nitrogens with one attached hydrogen (secondary N) is 1. The van der Waals surface area contributed by atoms with E-state index in [4.69, 9.17) is 11.6 Å². The zero-order valence-corrected chi connectivity index (χ0v) is 7.89. The molecule has 0 radical (unpaired) electrons. The summed E-state index contributed by atoms with van der Waals surface area (Å²) in [4.78, 5) is 7.01. The molecule has 0 amide bonds. The average molecular weight is 183 g/mol. The Balaban J connectivity index is 0.000000336. The molecule has 0 bridgehead atoms. The SMILES string of the molecule is CC.Clc1ccc2nc[nH]c2c1. The van der Waals surface area contributed by atoms with Gasteiger partial charge in [-0.2, -0.15) is 0 Å². The number of fused-ring (bicyclic) bond motifs is 1. The molecule has 0 aliphatic heterocycles. The van der Waals surface area contributed by atoms with Crippen molar-refractivity contribution in [2.24, 2.45) is 0 Å². The molecule has 64 valence electrons. The van der Waals surface area contributed by atoms with E-state index in [0.717, 1.165) is 16.1 Å². The van der Waals surface area contributed by atoms with Gasteiger partial charge in [-0.05, 0) is 18.2 Å². The summed E-state index contributed by atoms with van der Waals surface area (Å²) >= 11 is 5.73. The van der Waals surface area contributed by atoms with Crippen molar-refractivity contribution in [1.82, 2.24) is 9.97 Å². The lowest BCUT2D eigenvalue weighted by atomic mass is 10.3. The maximum Gasteiger partial charge on any atom is 0.0931 e. The topological polar surface area (TPSA) is 28.7 Å². The van der Waals surface area contributed by atoms with Gasteiger partial charge in [0.25, 0.3) is 0 Å². The minimum atomic E-state index is 0.733. The van der Waals surface area contributed by atoms with Crippen molar-refractivity contribution < 1.29 is 0 Å². The van der Waals surface area contributed by atoms with Crippen molar-refractivity contribution in [3.63, 3.8) is 0 Å². The number of aromatic nitrogens is 2. The van der Waals surface area contributed by atoms with Gasteiger partial charge in [-0.25, -0.2) is 4.98 Å². The highest BCUT2D eigenvalue weighted by atomic mass is 35.5. The molecular weight excluding hydrogens is 172 g/mol. The van der Waals surface area contributed by atoms with Crippen LogP contribution in [0.1, 0.15) is 13.8 Å². The molecule has 0 unspecified atom stereocenters. The van der Waals surface area contributed by atoms with Crippen LogP contribution in [0.3, 0.4) is 0 Å². The molecule has 1 aromatic carbocycles. The van der Waals surface area contributed by atoms with E-state index in [-0.39, 0.29) is 0 Å². The Labute approximate surface area is 76.6 Å². The molecule has 0 aliphatic rings. The van der Waals surface area contributed by atoms with Crippen LogP contribution in [0.25, 0.3) is 11.0 Å². The molecule has 3 heteroatoms. The standard InChI is InChI=1S/C7H5ClN2.C2H6/c8-5-1-2-6-7(3-5)10-4-9-6;1-2/h1-4H,(H,9,10);1-2H3. The summed E-state index contributed by atoms with van der Waals surface area (Å²) in [6.45, 7) is 4.00. The highest BCUT2D eigenvalue weighted by Gasteiger charge is 1.93. The molecule has 2 rings (SSSR count). The Bertz CT molecular complexity index is 354. The van der Waals surface area contributed by atoms with Crippen LogP contribution >= 0.6 is 11.6 Å². The number of benzene rings is 1. The molecule has 0 spiro atoms. The zero-order chi connectivity index (χ0) is 8.97. The van der Waals surface area contributed by atoms with Crippen molar-refractivity contribution in [2.45, 2.75) is 13.8 Å². The van der Waals surface area contributed by atoms with Crippen LogP contribution in [-0.2, 0) is 0 Å². The largest absolute Gasteiger partial charge is 0.345 e. The predicted octanol–water partition coefficient (Wildman–Crippen LogP) is 3.24. The van der Waals surface area contributed by atoms with Crippen molar-refractivity contribution in [3.05, 3.63) is 29.5 Å². The quantitative estimate of drug-likeness (QED) is 0.666. The minimum absolute atomic E-state index is 0.733. The summed E-state index contributed by atoms with van der Waals surface area (Å²) in [5.74, 6) is 0.